The second-order valence-electron chi connectivity index (χ2n) is 4.68. The van der Waals surface area contributed by atoms with Crippen molar-refractivity contribution in [2.75, 3.05) is 12.4 Å². The van der Waals surface area contributed by atoms with E-state index in [0.29, 0.717) is 12.5 Å². The maximum atomic E-state index is 5.92. The highest BCUT2D eigenvalue weighted by Gasteiger charge is 2.00. The summed E-state index contributed by atoms with van der Waals surface area (Å²) in [4.78, 5) is 4.39. The number of rotatable bonds is 5. The molecular formula is C17H22IN3O. The van der Waals surface area contributed by atoms with Crippen LogP contribution in [0.1, 0.15) is 18.1 Å². The molecule has 0 heterocycles. The Balaban J connectivity index is 0.00000242. The zero-order chi connectivity index (χ0) is 15.1. The number of aryl methyl sites for hydroxylation is 1. The molecule has 0 saturated carbocycles. The van der Waals surface area contributed by atoms with Crippen molar-refractivity contribution < 1.29 is 4.74 Å². The van der Waals surface area contributed by atoms with Crippen molar-refractivity contribution in [1.82, 2.24) is 0 Å². The number of halogens is 1. The molecule has 4 nitrogen and oxygen atoms in total. The molecular weight excluding hydrogens is 389 g/mol. The normalized spacial score (nSPS) is 10.7. The maximum Gasteiger partial charge on any atom is 0.193 e. The van der Waals surface area contributed by atoms with Crippen molar-refractivity contribution in [2.24, 2.45) is 10.7 Å². The standard InChI is InChI=1S/C17H21N3O.HI/c1-3-13-6-4-5-7-14(13)12-19-17(18)20-15-8-10-16(21-2)11-9-15;/h4-11H,3,12H2,1-2H3,(H3,18,19,20);1H. The average molecular weight is 411 g/mol. The van der Waals surface area contributed by atoms with Gasteiger partial charge in [-0.25, -0.2) is 4.99 Å². The Labute approximate surface area is 148 Å². The van der Waals surface area contributed by atoms with Crippen LogP contribution in [0.25, 0.3) is 0 Å². The van der Waals surface area contributed by atoms with E-state index in [-0.39, 0.29) is 24.0 Å². The molecule has 3 N–H and O–H groups in total. The maximum absolute atomic E-state index is 5.92. The van der Waals surface area contributed by atoms with Crippen LogP contribution in [0, 0.1) is 0 Å². The predicted molar refractivity (Wildman–Crippen MR) is 103 cm³/mol. The number of ether oxygens (including phenoxy) is 1. The molecule has 0 aliphatic rings. The molecule has 0 saturated heterocycles. The summed E-state index contributed by atoms with van der Waals surface area (Å²) < 4.78 is 5.12. The summed E-state index contributed by atoms with van der Waals surface area (Å²) in [6.07, 6.45) is 0.998. The molecule has 0 aliphatic carbocycles. The van der Waals surface area contributed by atoms with Gasteiger partial charge < -0.3 is 15.8 Å². The largest absolute Gasteiger partial charge is 0.497 e. The first-order valence-electron chi connectivity index (χ1n) is 7.00. The van der Waals surface area contributed by atoms with Crippen LogP contribution in [0.2, 0.25) is 0 Å². The fraction of sp³-hybridized carbons (Fsp3) is 0.235. The number of nitrogens with zero attached hydrogens (tertiary/aromatic N) is 1. The van der Waals surface area contributed by atoms with Gasteiger partial charge in [-0.05, 0) is 41.8 Å². The zero-order valence-corrected chi connectivity index (χ0v) is 15.2. The number of hydrogen-bond acceptors (Lipinski definition) is 2. The number of nitrogens with two attached hydrogens (primary N) is 1. The van der Waals surface area contributed by atoms with Crippen LogP contribution in [0.5, 0.6) is 5.75 Å². The minimum atomic E-state index is 0. The molecule has 0 radical (unpaired) electrons. The van der Waals surface area contributed by atoms with E-state index in [9.17, 15) is 0 Å². The SMILES string of the molecule is CCc1ccccc1CN=C(N)Nc1ccc(OC)cc1.I. The third-order valence-electron chi connectivity index (χ3n) is 3.28. The lowest BCUT2D eigenvalue weighted by Gasteiger charge is -2.08. The molecule has 2 rings (SSSR count). The van der Waals surface area contributed by atoms with Crippen molar-refractivity contribution in [1.29, 1.82) is 0 Å². The fourth-order valence-electron chi connectivity index (χ4n) is 2.09. The van der Waals surface area contributed by atoms with Gasteiger partial charge >= 0.3 is 0 Å². The van der Waals surface area contributed by atoms with Crippen molar-refractivity contribution in [3.63, 3.8) is 0 Å². The summed E-state index contributed by atoms with van der Waals surface area (Å²) in [6.45, 7) is 2.72. The van der Waals surface area contributed by atoms with E-state index >= 15 is 0 Å². The minimum absolute atomic E-state index is 0. The van der Waals surface area contributed by atoms with Crippen molar-refractivity contribution in [3.05, 3.63) is 59.7 Å². The Hall–Kier alpha value is -1.76. The van der Waals surface area contributed by atoms with Crippen LogP contribution in [0.15, 0.2) is 53.5 Å². The number of guanidine groups is 1. The molecule has 0 amide bonds. The number of benzene rings is 2. The predicted octanol–water partition coefficient (Wildman–Crippen LogP) is 3.80. The van der Waals surface area contributed by atoms with Gasteiger partial charge in [0.15, 0.2) is 5.96 Å². The summed E-state index contributed by atoms with van der Waals surface area (Å²) in [6, 6.07) is 15.8. The smallest absolute Gasteiger partial charge is 0.193 e. The fourth-order valence-corrected chi connectivity index (χ4v) is 2.09. The molecule has 2 aromatic carbocycles. The van der Waals surface area contributed by atoms with Gasteiger partial charge in [-0.2, -0.15) is 0 Å². The Morgan fingerprint density at radius 2 is 1.73 bits per heavy atom. The lowest BCUT2D eigenvalue weighted by molar-refractivity contribution is 0.415. The highest BCUT2D eigenvalue weighted by molar-refractivity contribution is 14.0. The Morgan fingerprint density at radius 1 is 1.09 bits per heavy atom. The zero-order valence-electron chi connectivity index (χ0n) is 12.9. The third kappa shape index (κ3) is 5.22. The van der Waals surface area contributed by atoms with Crippen LogP contribution >= 0.6 is 24.0 Å². The van der Waals surface area contributed by atoms with Gasteiger partial charge in [0.1, 0.15) is 5.75 Å². The number of hydrogen-bond donors (Lipinski definition) is 2. The van der Waals surface area contributed by atoms with E-state index in [1.807, 2.05) is 36.4 Å². The topological polar surface area (TPSA) is 59.6 Å². The van der Waals surface area contributed by atoms with E-state index in [0.717, 1.165) is 17.9 Å². The highest BCUT2D eigenvalue weighted by atomic mass is 127. The van der Waals surface area contributed by atoms with Gasteiger partial charge in [-0.3, -0.25) is 0 Å². The molecule has 0 aliphatic heterocycles. The molecule has 0 unspecified atom stereocenters. The second kappa shape index (κ2) is 9.30. The first-order valence-corrected chi connectivity index (χ1v) is 7.00. The second-order valence-corrected chi connectivity index (χ2v) is 4.68. The summed E-state index contributed by atoms with van der Waals surface area (Å²) in [7, 11) is 1.64. The molecule has 22 heavy (non-hydrogen) atoms. The highest BCUT2D eigenvalue weighted by Crippen LogP contribution is 2.15. The van der Waals surface area contributed by atoms with E-state index < -0.39 is 0 Å². The van der Waals surface area contributed by atoms with E-state index in [1.165, 1.54) is 11.1 Å². The lowest BCUT2D eigenvalue weighted by atomic mass is 10.1. The van der Waals surface area contributed by atoms with Crippen LogP contribution in [0.3, 0.4) is 0 Å². The van der Waals surface area contributed by atoms with Crippen LogP contribution in [0.4, 0.5) is 5.69 Å². The van der Waals surface area contributed by atoms with E-state index in [1.54, 1.807) is 7.11 Å². The summed E-state index contributed by atoms with van der Waals surface area (Å²) in [5, 5.41) is 3.07. The third-order valence-corrected chi connectivity index (χ3v) is 3.28. The molecule has 2 aromatic rings. The monoisotopic (exact) mass is 411 g/mol. The van der Waals surface area contributed by atoms with Crippen LogP contribution in [-0.4, -0.2) is 13.1 Å². The minimum Gasteiger partial charge on any atom is -0.497 e. The number of nitrogens with one attached hydrogen (secondary N) is 1. The first kappa shape index (κ1) is 18.3. The molecule has 118 valence electrons. The first-order chi connectivity index (χ1) is 10.2. The number of anilines is 1. The molecule has 0 fully saturated rings. The summed E-state index contributed by atoms with van der Waals surface area (Å²) in [5.74, 6) is 1.22. The molecule has 5 heteroatoms. The van der Waals surface area contributed by atoms with Gasteiger partial charge in [-0.1, -0.05) is 31.2 Å². The summed E-state index contributed by atoms with van der Waals surface area (Å²) >= 11 is 0. The summed E-state index contributed by atoms with van der Waals surface area (Å²) in [5.41, 5.74) is 9.32. The number of methoxy groups -OCH3 is 1. The van der Waals surface area contributed by atoms with Gasteiger partial charge in [0, 0.05) is 5.69 Å². The van der Waals surface area contributed by atoms with E-state index in [4.69, 9.17) is 10.5 Å². The Bertz CT molecular complexity index is 612. The molecule has 0 spiro atoms. The molecule has 0 bridgehead atoms. The Kier molecular flexibility index (Phi) is 7.73. The Morgan fingerprint density at radius 3 is 2.32 bits per heavy atom. The van der Waals surface area contributed by atoms with Gasteiger partial charge in [0.25, 0.3) is 0 Å². The molecule has 0 aromatic heterocycles. The van der Waals surface area contributed by atoms with Gasteiger partial charge in [0.05, 0.1) is 13.7 Å². The van der Waals surface area contributed by atoms with Crippen LogP contribution in [-0.2, 0) is 13.0 Å². The van der Waals surface area contributed by atoms with Crippen molar-refractivity contribution in [2.45, 2.75) is 19.9 Å². The molecule has 0 atom stereocenters. The van der Waals surface area contributed by atoms with Gasteiger partial charge in [0.2, 0.25) is 0 Å². The van der Waals surface area contributed by atoms with Crippen molar-refractivity contribution >= 4 is 35.6 Å². The quantitative estimate of drug-likeness (QED) is 0.447. The van der Waals surface area contributed by atoms with Crippen molar-refractivity contribution in [3.8, 4) is 5.75 Å². The lowest BCUT2D eigenvalue weighted by Crippen LogP contribution is -2.22. The van der Waals surface area contributed by atoms with Crippen LogP contribution < -0.4 is 15.8 Å². The van der Waals surface area contributed by atoms with Gasteiger partial charge in [-0.15, -0.1) is 24.0 Å². The van der Waals surface area contributed by atoms with E-state index in [2.05, 4.69) is 29.4 Å². The number of aliphatic imine (C=N–C) groups is 1. The average Bonchev–Trinajstić information content (AvgIpc) is 2.54.